The van der Waals surface area contributed by atoms with E-state index in [0.717, 1.165) is 74.5 Å². The summed E-state index contributed by atoms with van der Waals surface area (Å²) in [6.07, 6.45) is 7.61. The van der Waals surface area contributed by atoms with Crippen LogP contribution in [0.3, 0.4) is 0 Å². The first-order chi connectivity index (χ1) is 17.5. The molecule has 0 aromatic carbocycles. The Hall–Kier alpha value is -2.46. The molecule has 5 rings (SSSR count). The van der Waals surface area contributed by atoms with Gasteiger partial charge in [-0.1, -0.05) is 17.7 Å². The molecule has 194 valence electrons. The molecule has 2 aromatic rings. The van der Waals surface area contributed by atoms with E-state index in [4.69, 9.17) is 27.1 Å². The lowest BCUT2D eigenvalue weighted by Crippen LogP contribution is -2.52. The van der Waals surface area contributed by atoms with Gasteiger partial charge >= 0.3 is 0 Å². The number of carbonyl (C=O) groups is 1. The van der Waals surface area contributed by atoms with Crippen LogP contribution in [0.1, 0.15) is 38.5 Å². The zero-order chi connectivity index (χ0) is 25.0. The largest absolute Gasteiger partial charge is 0.381 e. The van der Waals surface area contributed by atoms with Crippen LogP contribution in [0.15, 0.2) is 30.5 Å². The highest BCUT2D eigenvalue weighted by Gasteiger charge is 2.29. The molecule has 3 fully saturated rings. The van der Waals surface area contributed by atoms with E-state index in [2.05, 4.69) is 25.8 Å². The average Bonchev–Trinajstić information content (AvgIpc) is 2.90. The highest BCUT2D eigenvalue weighted by atomic mass is 35.5. The molecule has 9 nitrogen and oxygen atoms in total. The van der Waals surface area contributed by atoms with Gasteiger partial charge in [-0.15, -0.1) is 0 Å². The van der Waals surface area contributed by atoms with Crippen molar-refractivity contribution in [3.63, 3.8) is 0 Å². The summed E-state index contributed by atoms with van der Waals surface area (Å²) in [5, 5.41) is 10.5. The van der Waals surface area contributed by atoms with Gasteiger partial charge in [0.15, 0.2) is 0 Å². The molecule has 2 aromatic heterocycles. The zero-order valence-corrected chi connectivity index (χ0v) is 21.4. The summed E-state index contributed by atoms with van der Waals surface area (Å²) in [5.41, 5.74) is 7.88. The Morgan fingerprint density at radius 1 is 1.19 bits per heavy atom. The fraction of sp³-hybridized carbons (Fsp3) is 0.577. The number of halogens is 1. The summed E-state index contributed by atoms with van der Waals surface area (Å²) in [5.74, 6) is 1.72. The number of pyridine rings is 2. The number of aromatic nitrogens is 2. The van der Waals surface area contributed by atoms with Crippen molar-refractivity contribution in [1.29, 1.82) is 0 Å². The summed E-state index contributed by atoms with van der Waals surface area (Å²) in [6.45, 7) is 4.26. The number of nitrogens with one attached hydrogen (secondary N) is 3. The third-order valence-corrected chi connectivity index (χ3v) is 7.92. The molecule has 0 radical (unpaired) electrons. The Balaban J connectivity index is 1.20. The van der Waals surface area contributed by atoms with Gasteiger partial charge in [0, 0.05) is 62.2 Å². The van der Waals surface area contributed by atoms with Crippen LogP contribution in [-0.4, -0.2) is 77.8 Å². The van der Waals surface area contributed by atoms with Gasteiger partial charge in [0.05, 0.1) is 17.3 Å². The molecule has 3 aliphatic rings. The summed E-state index contributed by atoms with van der Waals surface area (Å²) in [4.78, 5) is 23.4. The predicted octanol–water partition coefficient (Wildman–Crippen LogP) is 2.87. The van der Waals surface area contributed by atoms with Crippen LogP contribution in [0.25, 0.3) is 11.3 Å². The van der Waals surface area contributed by atoms with Gasteiger partial charge in [0.2, 0.25) is 5.91 Å². The number of carbonyl (C=O) groups excluding carboxylic acids is 1. The number of rotatable bonds is 7. The van der Waals surface area contributed by atoms with Crippen LogP contribution in [0, 0.1) is 0 Å². The normalized spacial score (nSPS) is 24.7. The maximum absolute atomic E-state index is 11.7. The van der Waals surface area contributed by atoms with Gasteiger partial charge in [0.25, 0.3) is 0 Å². The van der Waals surface area contributed by atoms with Gasteiger partial charge in [-0.05, 0) is 56.7 Å². The van der Waals surface area contributed by atoms with Gasteiger partial charge in [-0.2, -0.15) is 0 Å². The van der Waals surface area contributed by atoms with Crippen LogP contribution in [-0.2, 0) is 9.53 Å². The van der Waals surface area contributed by atoms with E-state index < -0.39 is 0 Å². The van der Waals surface area contributed by atoms with Crippen LogP contribution >= 0.6 is 11.6 Å². The third-order valence-electron chi connectivity index (χ3n) is 7.62. The van der Waals surface area contributed by atoms with E-state index in [1.54, 1.807) is 6.20 Å². The number of piperazine rings is 1. The van der Waals surface area contributed by atoms with Crippen molar-refractivity contribution >= 4 is 29.1 Å². The van der Waals surface area contributed by atoms with Crippen LogP contribution in [0.5, 0.6) is 0 Å². The second kappa shape index (κ2) is 11.3. The third kappa shape index (κ3) is 6.26. The molecule has 0 unspecified atom stereocenters. The minimum atomic E-state index is -0.277. The minimum Gasteiger partial charge on any atom is -0.381 e. The van der Waals surface area contributed by atoms with Gasteiger partial charge < -0.3 is 26.4 Å². The SMILES string of the molecule is NC1(CNc2cccc(-c3cc(N[C@H]4CC[C@@H](N5CCNC(=O)C5)CC4)ncc3Cl)n2)CCOCC1. The van der Waals surface area contributed by atoms with Crippen molar-refractivity contribution in [1.82, 2.24) is 20.2 Å². The van der Waals surface area contributed by atoms with E-state index >= 15 is 0 Å². The average molecular weight is 514 g/mol. The van der Waals surface area contributed by atoms with E-state index in [9.17, 15) is 4.79 Å². The number of nitrogens with two attached hydrogens (primary N) is 1. The van der Waals surface area contributed by atoms with Crippen molar-refractivity contribution in [2.75, 3.05) is 50.0 Å². The summed E-state index contributed by atoms with van der Waals surface area (Å²) < 4.78 is 5.44. The molecule has 2 aliphatic heterocycles. The molecule has 10 heteroatoms. The lowest BCUT2D eigenvalue weighted by molar-refractivity contribution is -0.125. The van der Waals surface area contributed by atoms with E-state index in [1.165, 1.54) is 0 Å². The Labute approximate surface area is 217 Å². The van der Waals surface area contributed by atoms with Gasteiger partial charge in [0.1, 0.15) is 11.6 Å². The van der Waals surface area contributed by atoms with E-state index in [1.807, 2.05) is 24.3 Å². The minimum absolute atomic E-state index is 0.137. The molecule has 4 heterocycles. The molecule has 0 bridgehead atoms. The molecule has 36 heavy (non-hydrogen) atoms. The van der Waals surface area contributed by atoms with E-state index in [0.29, 0.717) is 43.4 Å². The topological polar surface area (TPSA) is 117 Å². The Morgan fingerprint density at radius 2 is 2.00 bits per heavy atom. The summed E-state index contributed by atoms with van der Waals surface area (Å²) in [7, 11) is 0. The second-order valence-electron chi connectivity index (χ2n) is 10.3. The van der Waals surface area contributed by atoms with Crippen molar-refractivity contribution in [2.24, 2.45) is 5.73 Å². The van der Waals surface area contributed by atoms with Crippen LogP contribution < -0.4 is 21.7 Å². The fourth-order valence-corrected chi connectivity index (χ4v) is 5.58. The molecule has 5 N–H and O–H groups in total. The predicted molar refractivity (Wildman–Crippen MR) is 142 cm³/mol. The standard InChI is InChI=1S/C26H36ClN7O2/c27-21-15-30-24(32-18-4-6-19(7-5-18)34-11-10-29-25(35)16-34)14-20(21)22-2-1-3-23(33-22)31-17-26(28)8-12-36-13-9-26/h1-3,14-15,18-19H,4-13,16-17,28H2,(H,29,35)(H,30,32)(H,31,33)/t18-,19+. The molecule has 2 saturated heterocycles. The maximum Gasteiger partial charge on any atom is 0.234 e. The van der Waals surface area contributed by atoms with Crippen LogP contribution in [0.2, 0.25) is 5.02 Å². The second-order valence-corrected chi connectivity index (χ2v) is 10.7. The van der Waals surface area contributed by atoms with E-state index in [-0.39, 0.29) is 11.4 Å². The number of nitrogens with zero attached hydrogens (tertiary/aromatic N) is 3. The van der Waals surface area contributed by atoms with Crippen molar-refractivity contribution < 1.29 is 9.53 Å². The Morgan fingerprint density at radius 3 is 2.78 bits per heavy atom. The first kappa shape index (κ1) is 25.2. The highest BCUT2D eigenvalue weighted by molar-refractivity contribution is 6.33. The van der Waals surface area contributed by atoms with Gasteiger partial charge in [-0.3, -0.25) is 9.69 Å². The number of anilines is 2. The Kier molecular flexibility index (Phi) is 7.90. The van der Waals surface area contributed by atoms with Gasteiger partial charge in [-0.25, -0.2) is 9.97 Å². The highest BCUT2D eigenvalue weighted by Crippen LogP contribution is 2.31. The molecule has 1 aliphatic carbocycles. The molecular weight excluding hydrogens is 478 g/mol. The molecular formula is C26H36ClN7O2. The summed E-state index contributed by atoms with van der Waals surface area (Å²) in [6, 6.07) is 8.70. The first-order valence-corrected chi connectivity index (χ1v) is 13.4. The molecule has 0 atom stereocenters. The van der Waals surface area contributed by atoms with Crippen molar-refractivity contribution in [3.8, 4) is 11.3 Å². The lowest BCUT2D eigenvalue weighted by Gasteiger charge is -2.38. The number of amides is 1. The zero-order valence-electron chi connectivity index (χ0n) is 20.6. The molecule has 1 amide bonds. The van der Waals surface area contributed by atoms with Crippen molar-refractivity contribution in [3.05, 3.63) is 35.5 Å². The molecule has 0 spiro atoms. The lowest BCUT2D eigenvalue weighted by atomic mass is 9.89. The number of hydrogen-bond donors (Lipinski definition) is 4. The van der Waals surface area contributed by atoms with Crippen LogP contribution in [0.4, 0.5) is 11.6 Å². The maximum atomic E-state index is 11.7. The smallest absolute Gasteiger partial charge is 0.234 e. The Bertz CT molecular complexity index is 1050. The number of hydrogen-bond acceptors (Lipinski definition) is 8. The number of ether oxygens (including phenoxy) is 1. The van der Waals surface area contributed by atoms with Crippen molar-refractivity contribution in [2.45, 2.75) is 56.1 Å². The molecule has 1 saturated carbocycles. The summed E-state index contributed by atoms with van der Waals surface area (Å²) >= 11 is 6.54. The monoisotopic (exact) mass is 513 g/mol. The fourth-order valence-electron chi connectivity index (χ4n) is 5.38. The quantitative estimate of drug-likeness (QED) is 0.446. The first-order valence-electron chi connectivity index (χ1n) is 13.0.